The Hall–Kier alpha value is -2.32. The van der Waals surface area contributed by atoms with Gasteiger partial charge in [-0.2, -0.15) is 23.1 Å². The molecule has 2 aliphatic rings. The molecule has 0 radical (unpaired) electrons. The molecule has 146 valence electrons. The molecular weight excluding hydrogens is 394 g/mol. The van der Waals surface area contributed by atoms with Gasteiger partial charge < -0.3 is 15.5 Å². The number of hydrogen-bond donors (Lipinski definition) is 2. The van der Waals surface area contributed by atoms with Crippen LogP contribution < -0.4 is 10.6 Å². The van der Waals surface area contributed by atoms with Gasteiger partial charge in [0, 0.05) is 12.6 Å². The SMILES string of the molecule is CSCC(=O)NC1CCN2C(=O)c3cc(-c4ccsc4)ccc3NC(=O)C2C1. The second-order valence-corrected chi connectivity index (χ2v) is 8.64. The number of hydrogen-bond acceptors (Lipinski definition) is 5. The third-order valence-corrected chi connectivity index (χ3v) is 6.40. The van der Waals surface area contributed by atoms with Crippen LogP contribution in [0.25, 0.3) is 11.1 Å². The number of fused-ring (bicyclic) bond motifs is 2. The number of carbonyl (C=O) groups is 3. The van der Waals surface area contributed by atoms with Gasteiger partial charge >= 0.3 is 0 Å². The van der Waals surface area contributed by atoms with Gasteiger partial charge in [-0.25, -0.2) is 0 Å². The normalized spacial score (nSPS) is 21.4. The van der Waals surface area contributed by atoms with Crippen molar-refractivity contribution in [3.63, 3.8) is 0 Å². The van der Waals surface area contributed by atoms with Crippen molar-refractivity contribution >= 4 is 46.5 Å². The van der Waals surface area contributed by atoms with E-state index in [-0.39, 0.29) is 23.8 Å². The van der Waals surface area contributed by atoms with Crippen molar-refractivity contribution in [1.82, 2.24) is 10.2 Å². The van der Waals surface area contributed by atoms with Gasteiger partial charge in [0.05, 0.1) is 17.0 Å². The van der Waals surface area contributed by atoms with E-state index in [1.54, 1.807) is 22.3 Å². The molecule has 4 rings (SSSR count). The maximum atomic E-state index is 13.2. The molecule has 1 aromatic carbocycles. The number of rotatable bonds is 4. The van der Waals surface area contributed by atoms with Crippen LogP contribution in [0.2, 0.25) is 0 Å². The fraction of sp³-hybridized carbons (Fsp3) is 0.350. The monoisotopic (exact) mass is 415 g/mol. The maximum Gasteiger partial charge on any atom is 0.256 e. The Kier molecular flexibility index (Phi) is 5.41. The van der Waals surface area contributed by atoms with Crippen LogP contribution in [0, 0.1) is 0 Å². The first-order valence-electron chi connectivity index (χ1n) is 9.13. The van der Waals surface area contributed by atoms with Crippen molar-refractivity contribution in [2.75, 3.05) is 23.9 Å². The van der Waals surface area contributed by atoms with E-state index in [0.717, 1.165) is 11.1 Å². The van der Waals surface area contributed by atoms with E-state index in [1.807, 2.05) is 35.2 Å². The van der Waals surface area contributed by atoms with Crippen molar-refractivity contribution in [2.24, 2.45) is 0 Å². The second kappa shape index (κ2) is 7.97. The number of thiophene rings is 1. The molecule has 3 heterocycles. The lowest BCUT2D eigenvalue weighted by molar-refractivity contribution is -0.123. The lowest BCUT2D eigenvalue weighted by Crippen LogP contribution is -2.55. The smallest absolute Gasteiger partial charge is 0.256 e. The molecule has 2 N–H and O–H groups in total. The first-order valence-corrected chi connectivity index (χ1v) is 11.5. The summed E-state index contributed by atoms with van der Waals surface area (Å²) in [5.74, 6) is 0.0332. The Bertz CT molecular complexity index is 913. The van der Waals surface area contributed by atoms with Gasteiger partial charge in [-0.05, 0) is 59.2 Å². The minimum atomic E-state index is -0.571. The van der Waals surface area contributed by atoms with Crippen LogP contribution in [0.15, 0.2) is 35.0 Å². The van der Waals surface area contributed by atoms with Crippen molar-refractivity contribution in [1.29, 1.82) is 0 Å². The van der Waals surface area contributed by atoms with Gasteiger partial charge in [0.15, 0.2) is 0 Å². The molecule has 2 aliphatic heterocycles. The summed E-state index contributed by atoms with van der Waals surface area (Å²) in [5, 5.41) is 9.92. The zero-order chi connectivity index (χ0) is 19.7. The number of benzene rings is 1. The van der Waals surface area contributed by atoms with Gasteiger partial charge in [-0.3, -0.25) is 14.4 Å². The summed E-state index contributed by atoms with van der Waals surface area (Å²) in [6.07, 6.45) is 2.96. The quantitative estimate of drug-likeness (QED) is 0.805. The topological polar surface area (TPSA) is 78.5 Å². The number of thioether (sulfide) groups is 1. The predicted molar refractivity (Wildman–Crippen MR) is 113 cm³/mol. The third-order valence-electron chi connectivity index (χ3n) is 5.17. The van der Waals surface area contributed by atoms with Crippen LogP contribution in [0.1, 0.15) is 23.2 Å². The molecule has 0 bridgehead atoms. The van der Waals surface area contributed by atoms with E-state index in [4.69, 9.17) is 0 Å². The molecule has 2 unspecified atom stereocenters. The van der Waals surface area contributed by atoms with Crippen LogP contribution in [-0.4, -0.2) is 53.3 Å². The standard InChI is InChI=1S/C20H21N3O3S2/c1-27-11-18(24)21-14-4-6-23-17(9-14)19(25)22-16-3-2-12(8-15(16)20(23)26)13-5-7-28-10-13/h2-3,5,7-8,10,14,17H,4,6,9,11H2,1H3,(H,21,24)(H,22,25). The lowest BCUT2D eigenvalue weighted by atomic mass is 9.96. The molecule has 1 saturated heterocycles. The molecule has 8 heteroatoms. The molecule has 1 fully saturated rings. The highest BCUT2D eigenvalue weighted by Gasteiger charge is 2.40. The largest absolute Gasteiger partial charge is 0.352 e. The molecule has 6 nitrogen and oxygen atoms in total. The summed E-state index contributed by atoms with van der Waals surface area (Å²) in [7, 11) is 0. The van der Waals surface area contributed by atoms with E-state index in [9.17, 15) is 14.4 Å². The van der Waals surface area contributed by atoms with Gasteiger partial charge in [0.25, 0.3) is 5.91 Å². The van der Waals surface area contributed by atoms with E-state index < -0.39 is 6.04 Å². The van der Waals surface area contributed by atoms with E-state index >= 15 is 0 Å². The van der Waals surface area contributed by atoms with E-state index in [0.29, 0.717) is 36.4 Å². The van der Waals surface area contributed by atoms with Crippen LogP contribution in [0.3, 0.4) is 0 Å². The van der Waals surface area contributed by atoms with Crippen molar-refractivity contribution in [3.8, 4) is 11.1 Å². The first kappa shape index (κ1) is 19.0. The average Bonchev–Trinajstić information content (AvgIpc) is 3.19. The number of nitrogens with one attached hydrogen (secondary N) is 2. The van der Waals surface area contributed by atoms with Gasteiger partial charge in [0.1, 0.15) is 6.04 Å². The first-order chi connectivity index (χ1) is 13.6. The molecule has 2 aromatic rings. The summed E-state index contributed by atoms with van der Waals surface area (Å²) in [6, 6.07) is 6.92. The summed E-state index contributed by atoms with van der Waals surface area (Å²) in [5.41, 5.74) is 3.08. The maximum absolute atomic E-state index is 13.2. The number of anilines is 1. The Morgan fingerprint density at radius 2 is 2.18 bits per heavy atom. The van der Waals surface area contributed by atoms with E-state index in [2.05, 4.69) is 10.6 Å². The summed E-state index contributed by atoms with van der Waals surface area (Å²) < 4.78 is 0. The summed E-state index contributed by atoms with van der Waals surface area (Å²) in [4.78, 5) is 39.6. The molecule has 3 amide bonds. The highest BCUT2D eigenvalue weighted by atomic mass is 32.2. The molecule has 2 atom stereocenters. The van der Waals surface area contributed by atoms with Crippen LogP contribution >= 0.6 is 23.1 Å². The Morgan fingerprint density at radius 1 is 1.32 bits per heavy atom. The number of amides is 3. The Labute approximate surface area is 171 Å². The van der Waals surface area contributed by atoms with Gasteiger partial charge in [0.2, 0.25) is 11.8 Å². The average molecular weight is 416 g/mol. The van der Waals surface area contributed by atoms with Crippen molar-refractivity contribution in [3.05, 3.63) is 40.6 Å². The van der Waals surface area contributed by atoms with E-state index in [1.165, 1.54) is 11.8 Å². The van der Waals surface area contributed by atoms with Crippen molar-refractivity contribution in [2.45, 2.75) is 24.9 Å². The van der Waals surface area contributed by atoms with Gasteiger partial charge in [-0.1, -0.05) is 6.07 Å². The van der Waals surface area contributed by atoms with Crippen LogP contribution in [0.4, 0.5) is 5.69 Å². The molecule has 28 heavy (non-hydrogen) atoms. The highest BCUT2D eigenvalue weighted by molar-refractivity contribution is 7.99. The highest BCUT2D eigenvalue weighted by Crippen LogP contribution is 2.32. The predicted octanol–water partition coefficient (Wildman–Crippen LogP) is 2.82. The van der Waals surface area contributed by atoms with Crippen LogP contribution in [-0.2, 0) is 9.59 Å². The molecule has 0 spiro atoms. The Morgan fingerprint density at radius 3 is 2.93 bits per heavy atom. The van der Waals surface area contributed by atoms with Crippen LogP contribution in [0.5, 0.6) is 0 Å². The lowest BCUT2D eigenvalue weighted by Gasteiger charge is -2.37. The zero-order valence-corrected chi connectivity index (χ0v) is 17.1. The molecule has 0 aliphatic carbocycles. The minimum absolute atomic E-state index is 0.0324. The summed E-state index contributed by atoms with van der Waals surface area (Å²) in [6.45, 7) is 0.448. The fourth-order valence-electron chi connectivity index (χ4n) is 3.80. The van der Waals surface area contributed by atoms with Gasteiger partial charge in [-0.15, -0.1) is 0 Å². The Balaban J connectivity index is 1.58. The van der Waals surface area contributed by atoms with Crippen molar-refractivity contribution < 1.29 is 14.4 Å². The number of nitrogens with zero attached hydrogens (tertiary/aromatic N) is 1. The minimum Gasteiger partial charge on any atom is -0.352 e. The molecule has 0 saturated carbocycles. The fourth-order valence-corrected chi connectivity index (χ4v) is 4.81. The third kappa shape index (κ3) is 3.66. The number of piperidine rings is 1. The molecular formula is C20H21N3O3S2. The zero-order valence-electron chi connectivity index (χ0n) is 15.4. The number of carbonyl (C=O) groups excluding carboxylic acids is 3. The second-order valence-electron chi connectivity index (χ2n) is 7.00. The summed E-state index contributed by atoms with van der Waals surface area (Å²) >= 11 is 3.06. The molecule has 1 aromatic heterocycles.